The normalized spacial score (nSPS) is 23.2. The summed E-state index contributed by atoms with van der Waals surface area (Å²) < 4.78 is 1.72. The third-order valence-electron chi connectivity index (χ3n) is 7.33. The van der Waals surface area contributed by atoms with Gasteiger partial charge in [0.15, 0.2) is 0 Å². The molecule has 9 nitrogen and oxygen atoms in total. The zero-order chi connectivity index (χ0) is 22.9. The maximum Gasteiger partial charge on any atom is 0.254 e. The Morgan fingerprint density at radius 2 is 1.85 bits per heavy atom. The minimum Gasteiger partial charge on any atom is -0.336 e. The molecule has 1 aromatic carbocycles. The molecule has 33 heavy (non-hydrogen) atoms. The number of benzene rings is 1. The van der Waals surface area contributed by atoms with Gasteiger partial charge >= 0.3 is 0 Å². The van der Waals surface area contributed by atoms with E-state index < -0.39 is 5.92 Å². The van der Waals surface area contributed by atoms with Gasteiger partial charge in [-0.2, -0.15) is 5.10 Å². The summed E-state index contributed by atoms with van der Waals surface area (Å²) >= 11 is 0. The summed E-state index contributed by atoms with van der Waals surface area (Å²) in [6.45, 7) is 6.69. The van der Waals surface area contributed by atoms with Crippen LogP contribution in [0.1, 0.15) is 47.7 Å². The number of nitrogens with one attached hydrogen (secondary N) is 2. The highest BCUT2D eigenvalue weighted by Gasteiger charge is 2.32. The van der Waals surface area contributed by atoms with Crippen molar-refractivity contribution in [3.63, 3.8) is 0 Å². The van der Waals surface area contributed by atoms with Crippen molar-refractivity contribution < 1.29 is 14.4 Å². The van der Waals surface area contributed by atoms with Crippen LogP contribution in [0.15, 0.2) is 18.2 Å². The molecule has 1 aromatic heterocycles. The lowest BCUT2D eigenvalue weighted by Gasteiger charge is -2.37. The number of carbonyl (C=O) groups is 3. The summed E-state index contributed by atoms with van der Waals surface area (Å²) in [6.07, 6.45) is 3.25. The van der Waals surface area contributed by atoms with Crippen LogP contribution in [0.5, 0.6) is 0 Å². The van der Waals surface area contributed by atoms with E-state index in [1.165, 1.54) is 12.8 Å². The van der Waals surface area contributed by atoms with Gasteiger partial charge in [-0.15, -0.1) is 0 Å². The molecule has 0 aliphatic carbocycles. The van der Waals surface area contributed by atoms with E-state index in [4.69, 9.17) is 0 Å². The molecule has 3 fully saturated rings. The van der Waals surface area contributed by atoms with E-state index in [9.17, 15) is 14.4 Å². The van der Waals surface area contributed by atoms with E-state index in [1.807, 2.05) is 30.1 Å². The number of carbonyl (C=O) groups excluding carboxylic acids is 3. The third-order valence-corrected chi connectivity index (χ3v) is 7.33. The number of piperidine rings is 2. The van der Waals surface area contributed by atoms with Gasteiger partial charge in [0.05, 0.1) is 17.1 Å². The van der Waals surface area contributed by atoms with Gasteiger partial charge in [0.25, 0.3) is 5.91 Å². The molecule has 9 heteroatoms. The van der Waals surface area contributed by atoms with Gasteiger partial charge in [-0.05, 0) is 50.4 Å². The number of fused-ring (bicyclic) bond motifs is 1. The first-order valence-corrected chi connectivity index (χ1v) is 12.0. The first-order valence-electron chi connectivity index (χ1n) is 12.0. The van der Waals surface area contributed by atoms with Gasteiger partial charge < -0.3 is 10.2 Å². The van der Waals surface area contributed by atoms with E-state index in [1.54, 1.807) is 4.68 Å². The van der Waals surface area contributed by atoms with Crippen molar-refractivity contribution in [2.24, 2.45) is 13.0 Å². The van der Waals surface area contributed by atoms with E-state index in [0.29, 0.717) is 24.1 Å². The SMILES string of the molecule is Cn1nc(C2CCC(=O)NC2=O)c2ccc(C(=O)N3CCN(CC4CCNCC4)CC3)cc21. The monoisotopic (exact) mass is 452 g/mol. The molecular formula is C24H32N6O3. The summed E-state index contributed by atoms with van der Waals surface area (Å²) in [5, 5.41) is 11.3. The Morgan fingerprint density at radius 1 is 1.09 bits per heavy atom. The molecule has 5 rings (SSSR count). The lowest BCUT2D eigenvalue weighted by atomic mass is 9.92. The number of hydrogen-bond acceptors (Lipinski definition) is 6. The zero-order valence-corrected chi connectivity index (χ0v) is 19.2. The van der Waals surface area contributed by atoms with Crippen LogP contribution in [0.4, 0.5) is 0 Å². The predicted octanol–water partition coefficient (Wildman–Crippen LogP) is 0.851. The second kappa shape index (κ2) is 9.23. The molecule has 0 radical (unpaired) electrons. The Hall–Kier alpha value is -2.78. The molecule has 3 saturated heterocycles. The van der Waals surface area contributed by atoms with Crippen molar-refractivity contribution in [2.45, 2.75) is 31.6 Å². The average Bonchev–Trinajstić information content (AvgIpc) is 3.15. The van der Waals surface area contributed by atoms with Gasteiger partial charge in [-0.3, -0.25) is 29.3 Å². The molecular weight excluding hydrogens is 420 g/mol. The second-order valence-corrected chi connectivity index (χ2v) is 9.53. The maximum atomic E-state index is 13.2. The minimum absolute atomic E-state index is 0.0437. The molecule has 3 aliphatic heterocycles. The van der Waals surface area contributed by atoms with Gasteiger partial charge in [0, 0.05) is 57.1 Å². The number of nitrogens with zero attached hydrogens (tertiary/aromatic N) is 4. The third kappa shape index (κ3) is 4.52. The summed E-state index contributed by atoms with van der Waals surface area (Å²) in [7, 11) is 1.82. The highest BCUT2D eigenvalue weighted by molar-refractivity contribution is 6.03. The van der Waals surface area contributed by atoms with E-state index in [2.05, 4.69) is 20.6 Å². The van der Waals surface area contributed by atoms with E-state index >= 15 is 0 Å². The standard InChI is InChI=1S/C24H32N6O3/c1-28-20-14-17(2-3-18(20)22(27-28)19-4-5-21(31)26-23(19)32)24(33)30-12-10-29(11-13-30)15-16-6-8-25-9-7-16/h2-3,14,16,19,25H,4-13,15H2,1H3,(H,26,31,32). The van der Waals surface area contributed by atoms with Crippen LogP contribution in [0.3, 0.4) is 0 Å². The van der Waals surface area contributed by atoms with Crippen molar-refractivity contribution >= 4 is 28.6 Å². The molecule has 4 heterocycles. The quantitative estimate of drug-likeness (QED) is 0.668. The lowest BCUT2D eigenvalue weighted by Crippen LogP contribution is -2.50. The van der Waals surface area contributed by atoms with Gasteiger partial charge in [0.1, 0.15) is 0 Å². The summed E-state index contributed by atoms with van der Waals surface area (Å²) in [6, 6.07) is 5.60. The van der Waals surface area contributed by atoms with Crippen LogP contribution >= 0.6 is 0 Å². The molecule has 1 atom stereocenters. The number of aryl methyl sites for hydroxylation is 1. The maximum absolute atomic E-state index is 13.2. The molecule has 2 N–H and O–H groups in total. The largest absolute Gasteiger partial charge is 0.336 e. The number of aromatic nitrogens is 2. The molecule has 3 amide bonds. The number of amides is 3. The van der Waals surface area contributed by atoms with Crippen molar-refractivity contribution in [1.82, 2.24) is 30.2 Å². The zero-order valence-electron chi connectivity index (χ0n) is 19.2. The number of hydrogen-bond donors (Lipinski definition) is 2. The van der Waals surface area contributed by atoms with Crippen molar-refractivity contribution in [3.8, 4) is 0 Å². The van der Waals surface area contributed by atoms with E-state index in [0.717, 1.165) is 62.6 Å². The summed E-state index contributed by atoms with van der Waals surface area (Å²) in [4.78, 5) is 41.5. The second-order valence-electron chi connectivity index (χ2n) is 9.53. The van der Waals surface area contributed by atoms with Crippen LogP contribution in [0, 0.1) is 5.92 Å². The predicted molar refractivity (Wildman–Crippen MR) is 124 cm³/mol. The topological polar surface area (TPSA) is 99.6 Å². The fraction of sp³-hybridized carbons (Fsp3) is 0.583. The first kappa shape index (κ1) is 22.0. The molecule has 2 aromatic rings. The number of imide groups is 1. The van der Waals surface area contributed by atoms with Crippen LogP contribution < -0.4 is 10.6 Å². The Morgan fingerprint density at radius 3 is 2.58 bits per heavy atom. The highest BCUT2D eigenvalue weighted by Crippen LogP contribution is 2.31. The Kier molecular flexibility index (Phi) is 6.16. The van der Waals surface area contributed by atoms with Crippen molar-refractivity contribution in [1.29, 1.82) is 0 Å². The van der Waals surface area contributed by atoms with Crippen molar-refractivity contribution in [2.75, 3.05) is 45.8 Å². The van der Waals surface area contributed by atoms with Crippen LogP contribution in [-0.4, -0.2) is 83.1 Å². The molecule has 0 saturated carbocycles. The van der Waals surface area contributed by atoms with E-state index in [-0.39, 0.29) is 17.7 Å². The van der Waals surface area contributed by atoms with Gasteiger partial charge in [0.2, 0.25) is 11.8 Å². The smallest absolute Gasteiger partial charge is 0.254 e. The van der Waals surface area contributed by atoms with Gasteiger partial charge in [-0.1, -0.05) is 6.07 Å². The fourth-order valence-corrected chi connectivity index (χ4v) is 5.38. The Labute approximate surface area is 193 Å². The summed E-state index contributed by atoms with van der Waals surface area (Å²) in [5.74, 6) is -0.170. The highest BCUT2D eigenvalue weighted by atomic mass is 16.2. The fourth-order valence-electron chi connectivity index (χ4n) is 5.38. The van der Waals surface area contributed by atoms with Crippen LogP contribution in [0.2, 0.25) is 0 Å². The van der Waals surface area contributed by atoms with Crippen molar-refractivity contribution in [3.05, 3.63) is 29.5 Å². The molecule has 1 unspecified atom stereocenters. The lowest BCUT2D eigenvalue weighted by molar-refractivity contribution is -0.134. The molecule has 0 bridgehead atoms. The van der Waals surface area contributed by atoms with Crippen LogP contribution in [-0.2, 0) is 16.6 Å². The van der Waals surface area contributed by atoms with Crippen LogP contribution in [0.25, 0.3) is 10.9 Å². The Balaban J connectivity index is 1.26. The Bertz CT molecular complexity index is 1070. The molecule has 176 valence electrons. The molecule has 3 aliphatic rings. The summed E-state index contributed by atoms with van der Waals surface area (Å²) in [5.41, 5.74) is 2.14. The first-order chi connectivity index (χ1) is 16.0. The average molecular weight is 453 g/mol. The minimum atomic E-state index is -0.444. The number of rotatable bonds is 4. The van der Waals surface area contributed by atoms with Gasteiger partial charge in [-0.25, -0.2) is 0 Å². The molecule has 0 spiro atoms. The number of piperazine rings is 1.